The van der Waals surface area contributed by atoms with Crippen molar-refractivity contribution in [2.75, 3.05) is 31.6 Å². The van der Waals surface area contributed by atoms with E-state index in [4.69, 9.17) is 21.3 Å². The number of ether oxygens (including phenoxy) is 1. The number of pyridine rings is 1. The first kappa shape index (κ1) is 19.7. The number of carbonyl (C=O) groups is 1. The Kier molecular flexibility index (Phi) is 5.13. The van der Waals surface area contributed by atoms with Crippen molar-refractivity contribution in [3.05, 3.63) is 53.3 Å². The van der Waals surface area contributed by atoms with E-state index in [2.05, 4.69) is 25.3 Å². The number of anilines is 1. The van der Waals surface area contributed by atoms with Gasteiger partial charge in [-0.25, -0.2) is 19.9 Å². The van der Waals surface area contributed by atoms with Crippen LogP contribution in [-0.2, 0) is 4.74 Å². The van der Waals surface area contributed by atoms with Gasteiger partial charge in [-0.3, -0.25) is 4.79 Å². The molecule has 0 radical (unpaired) electrons. The molecule has 0 unspecified atom stereocenters. The van der Waals surface area contributed by atoms with Crippen LogP contribution in [0.25, 0.3) is 21.9 Å². The van der Waals surface area contributed by atoms with Gasteiger partial charge >= 0.3 is 0 Å². The predicted octanol–water partition coefficient (Wildman–Crippen LogP) is 3.20. The largest absolute Gasteiger partial charge is 0.378 e. The van der Waals surface area contributed by atoms with Gasteiger partial charge in [-0.1, -0.05) is 23.7 Å². The van der Waals surface area contributed by atoms with Crippen LogP contribution in [0.15, 0.2) is 36.9 Å². The van der Waals surface area contributed by atoms with E-state index in [0.29, 0.717) is 65.1 Å². The maximum Gasteiger partial charge on any atom is 0.273 e. The van der Waals surface area contributed by atoms with Gasteiger partial charge in [0.05, 0.1) is 36.3 Å². The monoisotopic (exact) mass is 437 g/mol. The lowest BCUT2D eigenvalue weighted by Crippen LogP contribution is -2.41. The molecule has 1 fully saturated rings. The molecule has 10 heteroatoms. The highest BCUT2D eigenvalue weighted by Gasteiger charge is 2.24. The number of rotatable bonds is 4. The molecule has 1 aliphatic rings. The molecule has 1 saturated heterocycles. The Morgan fingerprint density at radius 3 is 2.94 bits per heavy atom. The van der Waals surface area contributed by atoms with Gasteiger partial charge in [0, 0.05) is 18.5 Å². The Bertz CT molecular complexity index is 1270. The van der Waals surface area contributed by atoms with Crippen molar-refractivity contribution in [2.45, 2.75) is 13.0 Å². The van der Waals surface area contributed by atoms with Crippen molar-refractivity contribution >= 4 is 45.3 Å². The fraction of sp³-hybridized carbons (Fsp3) is 0.286. The maximum absolute atomic E-state index is 13.3. The van der Waals surface area contributed by atoms with Crippen LogP contribution in [0.1, 0.15) is 29.1 Å². The Morgan fingerprint density at radius 1 is 1.26 bits per heavy atom. The summed E-state index contributed by atoms with van der Waals surface area (Å²) >= 11 is 6.48. The summed E-state index contributed by atoms with van der Waals surface area (Å²) in [7, 11) is 0. The number of morpholine rings is 1. The van der Waals surface area contributed by atoms with E-state index >= 15 is 0 Å². The Labute approximate surface area is 182 Å². The lowest BCUT2D eigenvalue weighted by atomic mass is 10.0. The standard InChI is InChI=1S/C21H20ClN7O2/c1-12(27-20-18-19(24-10-23-18)25-11-26-20)15-9-13-3-2-4-14(22)16(13)17(28-15)21(30)29-5-7-31-8-6-29/h2-4,9-12H,5-8H2,1H3,(H2,23,24,25,26,27)/t12-/m0/s1. The molecule has 31 heavy (non-hydrogen) atoms. The second-order valence-electron chi connectivity index (χ2n) is 7.33. The molecule has 4 aromatic rings. The number of benzene rings is 1. The normalized spacial score (nSPS) is 15.4. The molecule has 3 aromatic heterocycles. The topological polar surface area (TPSA) is 109 Å². The fourth-order valence-corrected chi connectivity index (χ4v) is 4.01. The molecule has 158 valence electrons. The van der Waals surface area contributed by atoms with Crippen LogP contribution in [0.5, 0.6) is 0 Å². The van der Waals surface area contributed by atoms with Crippen molar-refractivity contribution in [1.82, 2.24) is 29.8 Å². The molecule has 9 nitrogen and oxygen atoms in total. The first-order valence-electron chi connectivity index (χ1n) is 9.98. The zero-order valence-electron chi connectivity index (χ0n) is 16.8. The molecular weight excluding hydrogens is 418 g/mol. The maximum atomic E-state index is 13.3. The van der Waals surface area contributed by atoms with Gasteiger partial charge in [0.2, 0.25) is 0 Å². The van der Waals surface area contributed by atoms with E-state index in [1.54, 1.807) is 17.3 Å². The van der Waals surface area contributed by atoms with Crippen LogP contribution >= 0.6 is 11.6 Å². The minimum atomic E-state index is -0.235. The van der Waals surface area contributed by atoms with Gasteiger partial charge in [0.15, 0.2) is 11.5 Å². The van der Waals surface area contributed by atoms with E-state index in [1.165, 1.54) is 6.33 Å². The quantitative estimate of drug-likeness (QED) is 0.504. The van der Waals surface area contributed by atoms with Crippen molar-refractivity contribution in [2.24, 2.45) is 0 Å². The summed E-state index contributed by atoms with van der Waals surface area (Å²) in [4.78, 5) is 35.5. The molecule has 0 saturated carbocycles. The van der Waals surface area contributed by atoms with Gasteiger partial charge in [-0.2, -0.15) is 0 Å². The van der Waals surface area contributed by atoms with Gasteiger partial charge in [-0.05, 0) is 24.4 Å². The number of carbonyl (C=O) groups excluding carboxylic acids is 1. The number of imidazole rings is 1. The number of aromatic amines is 1. The number of hydrogen-bond donors (Lipinski definition) is 2. The highest BCUT2D eigenvalue weighted by atomic mass is 35.5. The molecule has 0 aliphatic carbocycles. The van der Waals surface area contributed by atoms with Crippen molar-refractivity contribution < 1.29 is 9.53 Å². The van der Waals surface area contributed by atoms with Crippen molar-refractivity contribution in [3.63, 3.8) is 0 Å². The van der Waals surface area contributed by atoms with E-state index in [0.717, 1.165) is 5.39 Å². The number of halogens is 1. The van der Waals surface area contributed by atoms with Crippen LogP contribution in [-0.4, -0.2) is 62.0 Å². The molecule has 1 aromatic carbocycles. The minimum Gasteiger partial charge on any atom is -0.378 e. The highest BCUT2D eigenvalue weighted by molar-refractivity contribution is 6.36. The second kappa shape index (κ2) is 8.09. The number of H-pyrrole nitrogens is 1. The third-order valence-electron chi connectivity index (χ3n) is 5.35. The number of fused-ring (bicyclic) bond motifs is 2. The molecule has 1 atom stereocenters. The zero-order valence-corrected chi connectivity index (χ0v) is 17.6. The minimum absolute atomic E-state index is 0.145. The number of amides is 1. The Balaban J connectivity index is 1.55. The summed E-state index contributed by atoms with van der Waals surface area (Å²) in [6.45, 7) is 4.06. The Morgan fingerprint density at radius 2 is 2.10 bits per heavy atom. The molecule has 2 N–H and O–H groups in total. The van der Waals surface area contributed by atoms with E-state index in [1.807, 2.05) is 25.1 Å². The van der Waals surface area contributed by atoms with Gasteiger partial charge in [0.25, 0.3) is 5.91 Å². The van der Waals surface area contributed by atoms with Crippen LogP contribution < -0.4 is 5.32 Å². The van der Waals surface area contributed by atoms with Gasteiger partial charge in [0.1, 0.15) is 17.5 Å². The molecule has 1 amide bonds. The van der Waals surface area contributed by atoms with Crippen molar-refractivity contribution in [3.8, 4) is 0 Å². The number of aromatic nitrogens is 5. The Hall–Kier alpha value is -3.30. The summed E-state index contributed by atoms with van der Waals surface area (Å²) in [6.07, 6.45) is 3.03. The van der Waals surface area contributed by atoms with E-state index in [9.17, 15) is 4.79 Å². The lowest BCUT2D eigenvalue weighted by Gasteiger charge is -2.27. The molecule has 0 bridgehead atoms. The summed E-state index contributed by atoms with van der Waals surface area (Å²) < 4.78 is 5.38. The first-order chi connectivity index (χ1) is 15.1. The van der Waals surface area contributed by atoms with Crippen molar-refractivity contribution in [1.29, 1.82) is 0 Å². The SMILES string of the molecule is C[C@H](Nc1ncnc2nc[nH]c12)c1cc2cccc(Cl)c2c(C(=O)N2CCOCC2)n1. The fourth-order valence-electron chi connectivity index (χ4n) is 3.73. The smallest absolute Gasteiger partial charge is 0.273 e. The molecule has 4 heterocycles. The number of nitrogens with zero attached hydrogens (tertiary/aromatic N) is 5. The van der Waals surface area contributed by atoms with Crippen LogP contribution in [0.2, 0.25) is 5.02 Å². The number of hydrogen-bond acceptors (Lipinski definition) is 7. The second-order valence-corrected chi connectivity index (χ2v) is 7.73. The molecule has 0 spiro atoms. The van der Waals surface area contributed by atoms with E-state index in [-0.39, 0.29) is 11.9 Å². The number of nitrogens with one attached hydrogen (secondary N) is 2. The first-order valence-corrected chi connectivity index (χ1v) is 10.4. The van der Waals surface area contributed by atoms with Gasteiger partial charge < -0.3 is 19.9 Å². The average Bonchev–Trinajstić information content (AvgIpc) is 3.28. The average molecular weight is 438 g/mol. The lowest BCUT2D eigenvalue weighted by molar-refractivity contribution is 0.0300. The van der Waals surface area contributed by atoms with Crippen LogP contribution in [0, 0.1) is 0 Å². The van der Waals surface area contributed by atoms with Crippen LogP contribution in [0.3, 0.4) is 0 Å². The zero-order chi connectivity index (χ0) is 21.4. The third-order valence-corrected chi connectivity index (χ3v) is 5.66. The third kappa shape index (κ3) is 3.66. The summed E-state index contributed by atoms with van der Waals surface area (Å²) in [5.74, 6) is 0.470. The molecule has 5 rings (SSSR count). The predicted molar refractivity (Wildman–Crippen MR) is 117 cm³/mol. The van der Waals surface area contributed by atoms with Crippen LogP contribution in [0.4, 0.5) is 5.82 Å². The summed E-state index contributed by atoms with van der Waals surface area (Å²) in [5, 5.41) is 5.37. The highest BCUT2D eigenvalue weighted by Crippen LogP contribution is 2.30. The van der Waals surface area contributed by atoms with Gasteiger partial charge in [-0.15, -0.1) is 0 Å². The summed E-state index contributed by atoms with van der Waals surface area (Å²) in [5.41, 5.74) is 2.34. The molecular formula is C21H20ClN7O2. The summed E-state index contributed by atoms with van der Waals surface area (Å²) in [6, 6.07) is 7.29. The molecule has 1 aliphatic heterocycles. The van der Waals surface area contributed by atoms with E-state index < -0.39 is 0 Å².